The summed E-state index contributed by atoms with van der Waals surface area (Å²) < 4.78 is 5.66. The summed E-state index contributed by atoms with van der Waals surface area (Å²) in [4.78, 5) is 8.17. The van der Waals surface area contributed by atoms with E-state index in [1.807, 2.05) is 24.3 Å². The second-order valence-electron chi connectivity index (χ2n) is 4.42. The molecule has 5 heteroatoms. The average molecular weight is 278 g/mol. The summed E-state index contributed by atoms with van der Waals surface area (Å²) in [7, 11) is 1.74. The number of benzene rings is 1. The van der Waals surface area contributed by atoms with Crippen LogP contribution in [-0.4, -0.2) is 17.0 Å². The number of nitrogens with zero attached hydrogens (tertiary/aromatic N) is 2. The molecule has 0 amide bonds. The first-order valence-corrected chi connectivity index (χ1v) is 6.46. The summed E-state index contributed by atoms with van der Waals surface area (Å²) in [5.41, 5.74) is 1.26. The minimum atomic E-state index is 0.346. The Bertz CT molecular complexity index is 555. The van der Waals surface area contributed by atoms with Gasteiger partial charge >= 0.3 is 0 Å². The van der Waals surface area contributed by atoms with Gasteiger partial charge in [0.2, 0.25) is 11.8 Å². The summed E-state index contributed by atoms with van der Waals surface area (Å²) in [5.74, 6) is 2.01. The molecule has 4 nitrogen and oxygen atoms in total. The van der Waals surface area contributed by atoms with Crippen LogP contribution < -0.4 is 10.1 Å². The highest BCUT2D eigenvalue weighted by molar-refractivity contribution is 6.31. The highest BCUT2D eigenvalue weighted by Gasteiger charge is 2.07. The van der Waals surface area contributed by atoms with Gasteiger partial charge in [0.1, 0.15) is 10.8 Å². The van der Waals surface area contributed by atoms with E-state index >= 15 is 0 Å². The summed E-state index contributed by atoms with van der Waals surface area (Å²) in [5, 5.41) is 3.22. The van der Waals surface area contributed by atoms with Crippen LogP contribution in [0.3, 0.4) is 0 Å². The molecule has 0 fully saturated rings. The van der Waals surface area contributed by atoms with Gasteiger partial charge in [0.25, 0.3) is 0 Å². The van der Waals surface area contributed by atoms with Crippen LogP contribution in [0.2, 0.25) is 5.02 Å². The topological polar surface area (TPSA) is 47.0 Å². The maximum Gasteiger partial charge on any atom is 0.243 e. The summed E-state index contributed by atoms with van der Waals surface area (Å²) in [6.45, 7) is 4.30. The molecule has 1 aromatic heterocycles. The van der Waals surface area contributed by atoms with Crippen molar-refractivity contribution < 1.29 is 4.74 Å². The zero-order chi connectivity index (χ0) is 13.8. The van der Waals surface area contributed by atoms with Gasteiger partial charge in [-0.3, -0.25) is 0 Å². The zero-order valence-electron chi connectivity index (χ0n) is 11.1. The molecule has 0 unspecified atom stereocenters. The lowest BCUT2D eigenvalue weighted by Crippen LogP contribution is -1.98. The second-order valence-corrected chi connectivity index (χ2v) is 4.83. The first-order valence-electron chi connectivity index (χ1n) is 6.08. The normalized spacial score (nSPS) is 10.6. The van der Waals surface area contributed by atoms with E-state index in [9.17, 15) is 0 Å². The SMILES string of the molecule is CNc1ncc(Cl)c(Oc2ccc(C(C)C)cc2)n1. The number of anilines is 1. The molecule has 0 aliphatic rings. The third kappa shape index (κ3) is 3.35. The van der Waals surface area contributed by atoms with Crippen molar-refractivity contribution in [2.75, 3.05) is 12.4 Å². The number of aromatic nitrogens is 2. The Morgan fingerprint density at radius 1 is 1.21 bits per heavy atom. The minimum absolute atomic E-state index is 0.346. The molecule has 1 aromatic carbocycles. The molecule has 0 aliphatic heterocycles. The Morgan fingerprint density at radius 2 is 1.89 bits per heavy atom. The number of hydrogen-bond donors (Lipinski definition) is 1. The molecule has 0 bridgehead atoms. The molecule has 100 valence electrons. The quantitative estimate of drug-likeness (QED) is 0.914. The molecule has 2 aromatic rings. The van der Waals surface area contributed by atoms with Crippen LogP contribution in [0.1, 0.15) is 25.3 Å². The van der Waals surface area contributed by atoms with Crippen LogP contribution in [-0.2, 0) is 0 Å². The molecule has 0 saturated carbocycles. The fourth-order valence-electron chi connectivity index (χ4n) is 1.58. The predicted octanol–water partition coefficient (Wildman–Crippen LogP) is 4.09. The average Bonchev–Trinajstić information content (AvgIpc) is 2.42. The van der Waals surface area contributed by atoms with Crippen LogP contribution in [0.4, 0.5) is 5.95 Å². The Morgan fingerprint density at radius 3 is 2.47 bits per heavy atom. The molecular weight excluding hydrogens is 262 g/mol. The van der Waals surface area contributed by atoms with Crippen LogP contribution in [0, 0.1) is 0 Å². The highest BCUT2D eigenvalue weighted by Crippen LogP contribution is 2.28. The van der Waals surface area contributed by atoms with Crippen LogP contribution in [0.5, 0.6) is 11.6 Å². The van der Waals surface area contributed by atoms with Crippen molar-refractivity contribution in [3.05, 3.63) is 41.0 Å². The van der Waals surface area contributed by atoms with Crippen LogP contribution >= 0.6 is 11.6 Å². The van der Waals surface area contributed by atoms with Gasteiger partial charge in [0.15, 0.2) is 0 Å². The fourth-order valence-corrected chi connectivity index (χ4v) is 1.71. The lowest BCUT2D eigenvalue weighted by Gasteiger charge is -2.09. The monoisotopic (exact) mass is 277 g/mol. The van der Waals surface area contributed by atoms with Crippen LogP contribution in [0.25, 0.3) is 0 Å². The highest BCUT2D eigenvalue weighted by atomic mass is 35.5. The largest absolute Gasteiger partial charge is 0.437 e. The van der Waals surface area contributed by atoms with Crippen molar-refractivity contribution in [1.82, 2.24) is 9.97 Å². The molecule has 2 rings (SSSR count). The first kappa shape index (κ1) is 13.6. The first-order chi connectivity index (χ1) is 9.10. The molecule has 0 saturated heterocycles. The van der Waals surface area contributed by atoms with E-state index in [1.54, 1.807) is 7.05 Å². The maximum atomic E-state index is 6.01. The van der Waals surface area contributed by atoms with E-state index in [0.29, 0.717) is 28.5 Å². The predicted molar refractivity (Wildman–Crippen MR) is 77.2 cm³/mol. The third-order valence-electron chi connectivity index (χ3n) is 2.70. The van der Waals surface area contributed by atoms with Gasteiger partial charge in [-0.2, -0.15) is 4.98 Å². The minimum Gasteiger partial charge on any atom is -0.437 e. The summed E-state index contributed by atoms with van der Waals surface area (Å²) in [6, 6.07) is 7.89. The van der Waals surface area contributed by atoms with Gasteiger partial charge in [-0.25, -0.2) is 4.98 Å². The van der Waals surface area contributed by atoms with Crippen molar-refractivity contribution in [2.24, 2.45) is 0 Å². The van der Waals surface area contributed by atoms with Crippen molar-refractivity contribution in [3.63, 3.8) is 0 Å². The van der Waals surface area contributed by atoms with E-state index in [1.165, 1.54) is 11.8 Å². The third-order valence-corrected chi connectivity index (χ3v) is 2.96. The van der Waals surface area contributed by atoms with Gasteiger partial charge in [0.05, 0.1) is 6.20 Å². The fraction of sp³-hybridized carbons (Fsp3) is 0.286. The number of nitrogens with one attached hydrogen (secondary N) is 1. The maximum absolute atomic E-state index is 6.01. The van der Waals surface area contributed by atoms with E-state index in [0.717, 1.165) is 0 Å². The van der Waals surface area contributed by atoms with E-state index < -0.39 is 0 Å². The van der Waals surface area contributed by atoms with E-state index in [-0.39, 0.29) is 0 Å². The molecule has 0 spiro atoms. The molecule has 1 N–H and O–H groups in total. The standard InChI is InChI=1S/C14H16ClN3O/c1-9(2)10-4-6-11(7-5-10)19-13-12(15)8-17-14(16-3)18-13/h4-9H,1-3H3,(H,16,17,18). The second kappa shape index (κ2) is 5.89. The number of hydrogen-bond acceptors (Lipinski definition) is 4. The van der Waals surface area contributed by atoms with Crippen molar-refractivity contribution in [3.8, 4) is 11.6 Å². The zero-order valence-corrected chi connectivity index (χ0v) is 11.9. The molecule has 0 aliphatic carbocycles. The Balaban J connectivity index is 2.20. The van der Waals surface area contributed by atoms with Crippen molar-refractivity contribution >= 4 is 17.5 Å². The summed E-state index contributed by atoms with van der Waals surface area (Å²) in [6.07, 6.45) is 1.51. The van der Waals surface area contributed by atoms with Gasteiger partial charge in [-0.1, -0.05) is 37.6 Å². The van der Waals surface area contributed by atoms with Crippen molar-refractivity contribution in [2.45, 2.75) is 19.8 Å². The van der Waals surface area contributed by atoms with Gasteiger partial charge in [-0.15, -0.1) is 0 Å². The lowest BCUT2D eigenvalue weighted by atomic mass is 10.0. The Kier molecular flexibility index (Phi) is 4.22. The number of rotatable bonds is 4. The lowest BCUT2D eigenvalue weighted by molar-refractivity contribution is 0.462. The van der Waals surface area contributed by atoms with E-state index in [2.05, 4.69) is 29.1 Å². The van der Waals surface area contributed by atoms with Gasteiger partial charge < -0.3 is 10.1 Å². The number of halogens is 1. The smallest absolute Gasteiger partial charge is 0.243 e. The molecule has 1 heterocycles. The molecule has 19 heavy (non-hydrogen) atoms. The Hall–Kier alpha value is -1.81. The molecular formula is C14H16ClN3O. The molecule has 0 atom stereocenters. The van der Waals surface area contributed by atoms with Gasteiger partial charge in [0, 0.05) is 7.05 Å². The molecule has 0 radical (unpaired) electrons. The Labute approximate surface area is 117 Å². The van der Waals surface area contributed by atoms with E-state index in [4.69, 9.17) is 16.3 Å². The summed E-state index contributed by atoms with van der Waals surface area (Å²) >= 11 is 6.01. The van der Waals surface area contributed by atoms with Gasteiger partial charge in [-0.05, 0) is 23.6 Å². The van der Waals surface area contributed by atoms with Crippen LogP contribution in [0.15, 0.2) is 30.5 Å². The number of ether oxygens (including phenoxy) is 1. The van der Waals surface area contributed by atoms with Crippen molar-refractivity contribution in [1.29, 1.82) is 0 Å².